The highest BCUT2D eigenvalue weighted by atomic mass is 16.5. The zero-order valence-electron chi connectivity index (χ0n) is 28.9. The van der Waals surface area contributed by atoms with Gasteiger partial charge in [-0.15, -0.1) is 0 Å². The fourth-order valence-electron chi connectivity index (χ4n) is 7.75. The van der Waals surface area contributed by atoms with Crippen LogP contribution in [0, 0.1) is 11.8 Å². The van der Waals surface area contributed by atoms with Gasteiger partial charge in [-0.3, -0.25) is 4.79 Å². The number of carboxylic acids is 1. The number of aliphatic imine (C=N–C) groups is 3. The number of aliphatic carboxylic acids is 1. The van der Waals surface area contributed by atoms with Crippen LogP contribution in [0.4, 0.5) is 0 Å². The van der Waals surface area contributed by atoms with Crippen LogP contribution in [0.3, 0.4) is 0 Å². The van der Waals surface area contributed by atoms with Crippen molar-refractivity contribution in [2.24, 2.45) is 26.8 Å². The van der Waals surface area contributed by atoms with Crippen LogP contribution in [0.2, 0.25) is 0 Å². The predicted molar refractivity (Wildman–Crippen MR) is 188 cm³/mol. The first-order valence-corrected chi connectivity index (χ1v) is 17.4. The van der Waals surface area contributed by atoms with Gasteiger partial charge in [0.2, 0.25) is 0 Å². The molecule has 0 saturated carbocycles. The highest BCUT2D eigenvalue weighted by Gasteiger charge is 2.41. The molecule has 5 heterocycles. The molecule has 0 aromatic carbocycles. The number of ether oxygens (including phenoxy) is 1. The maximum Gasteiger partial charge on any atom is 0.303 e. The average molecular weight is 637 g/mol. The molecule has 6 rings (SSSR count). The number of hydrogen-bond acceptors (Lipinski definition) is 7. The molecular weight excluding hydrogens is 588 g/mol. The molecule has 3 atom stereocenters. The third-order valence-corrected chi connectivity index (χ3v) is 10.5. The first-order valence-electron chi connectivity index (χ1n) is 17.4. The molecule has 1 fully saturated rings. The number of unbranched alkanes of at least 4 members (excludes halogenated alkanes) is 1. The summed E-state index contributed by atoms with van der Waals surface area (Å²) in [5.74, 6) is -0.551. The number of nitrogens with one attached hydrogen (secondary N) is 1. The summed E-state index contributed by atoms with van der Waals surface area (Å²) in [6, 6.07) is 0. The van der Waals surface area contributed by atoms with E-state index in [1.165, 1.54) is 5.57 Å². The lowest BCUT2D eigenvalue weighted by molar-refractivity contribution is -0.137. The predicted octanol–water partition coefficient (Wildman–Crippen LogP) is 8.51. The van der Waals surface area contributed by atoms with Gasteiger partial charge in [-0.25, -0.2) is 15.0 Å². The summed E-state index contributed by atoms with van der Waals surface area (Å²) in [5, 5.41) is 24.6. The molecule has 0 radical (unpaired) electrons. The molecule has 248 valence electrons. The molecule has 0 spiro atoms. The van der Waals surface area contributed by atoms with Gasteiger partial charge >= 0.3 is 5.97 Å². The van der Waals surface area contributed by atoms with Crippen molar-refractivity contribution in [1.29, 1.82) is 0 Å². The summed E-state index contributed by atoms with van der Waals surface area (Å²) in [4.78, 5) is 27.3. The zero-order chi connectivity index (χ0) is 33.6. The number of allylic oxidation sites excluding steroid dienone is 11. The van der Waals surface area contributed by atoms with Crippen molar-refractivity contribution in [2.45, 2.75) is 106 Å². The van der Waals surface area contributed by atoms with Crippen molar-refractivity contribution in [1.82, 2.24) is 5.32 Å². The lowest BCUT2D eigenvalue weighted by atomic mass is 9.86. The van der Waals surface area contributed by atoms with Crippen molar-refractivity contribution in [3.63, 3.8) is 0 Å². The van der Waals surface area contributed by atoms with Gasteiger partial charge < -0.3 is 20.3 Å². The van der Waals surface area contributed by atoms with E-state index in [2.05, 4.69) is 65.1 Å². The second-order valence-corrected chi connectivity index (χ2v) is 13.5. The maximum atomic E-state index is 11.8. The second-order valence-electron chi connectivity index (χ2n) is 13.5. The van der Waals surface area contributed by atoms with Crippen molar-refractivity contribution < 1.29 is 19.7 Å². The maximum absolute atomic E-state index is 11.8. The Morgan fingerprint density at radius 1 is 1.00 bits per heavy atom. The molecule has 47 heavy (non-hydrogen) atoms. The number of carbonyl (C=O) groups is 1. The summed E-state index contributed by atoms with van der Waals surface area (Å²) in [5.41, 5.74) is 14.3. The van der Waals surface area contributed by atoms with Crippen LogP contribution in [-0.4, -0.2) is 46.0 Å². The summed E-state index contributed by atoms with van der Waals surface area (Å²) < 4.78 is 6.56. The largest absolute Gasteiger partial charge is 0.511 e. The van der Waals surface area contributed by atoms with Crippen LogP contribution in [0.1, 0.15) is 99.8 Å². The summed E-state index contributed by atoms with van der Waals surface area (Å²) in [6.07, 6.45) is 12.0. The van der Waals surface area contributed by atoms with Crippen LogP contribution in [0.25, 0.3) is 0 Å². The Morgan fingerprint density at radius 3 is 2.45 bits per heavy atom. The van der Waals surface area contributed by atoms with E-state index < -0.39 is 5.97 Å². The van der Waals surface area contributed by atoms with Crippen LogP contribution >= 0.6 is 0 Å². The summed E-state index contributed by atoms with van der Waals surface area (Å²) >= 11 is 0. The first kappa shape index (κ1) is 32.9. The Morgan fingerprint density at radius 2 is 1.74 bits per heavy atom. The lowest BCUT2D eigenvalue weighted by Crippen LogP contribution is -2.19. The van der Waals surface area contributed by atoms with Crippen molar-refractivity contribution in [2.75, 3.05) is 6.61 Å². The molecule has 8 bridgehead atoms. The van der Waals surface area contributed by atoms with Gasteiger partial charge in [0.15, 0.2) is 0 Å². The quantitative estimate of drug-likeness (QED) is 0.197. The number of fused-ring (bicyclic) bond motifs is 5. The molecule has 3 N–H and O–H groups in total. The topological polar surface area (TPSA) is 116 Å². The highest BCUT2D eigenvalue weighted by Crippen LogP contribution is 2.46. The van der Waals surface area contributed by atoms with E-state index in [0.29, 0.717) is 25.2 Å². The van der Waals surface area contributed by atoms with E-state index >= 15 is 0 Å². The van der Waals surface area contributed by atoms with Crippen LogP contribution in [0.15, 0.2) is 106 Å². The van der Waals surface area contributed by atoms with Crippen LogP contribution in [-0.2, 0) is 9.53 Å². The fraction of sp³-hybridized carbons (Fsp3) is 0.487. The Balaban J connectivity index is 1.58. The molecule has 0 aromatic rings. The number of hydrogen-bond donors (Lipinski definition) is 3. The molecule has 2 unspecified atom stereocenters. The molecular formula is C39H48N4O4. The zero-order valence-corrected chi connectivity index (χ0v) is 28.9. The van der Waals surface area contributed by atoms with E-state index in [4.69, 9.17) is 19.7 Å². The SMILES string of the molecule is CCCCOC(CCC)C1=C(C)C2=NC1=CC1=NC(=CC3=C(C)C4=C(O)CC(=C5NC(=C2)C(C)[C@@H]5CCC(=O)O)C4=N3)C(CC)=C1C. The van der Waals surface area contributed by atoms with E-state index in [1.807, 2.05) is 6.92 Å². The van der Waals surface area contributed by atoms with E-state index in [0.717, 1.165) is 111 Å². The molecule has 0 amide bonds. The van der Waals surface area contributed by atoms with Crippen molar-refractivity contribution in [3.05, 3.63) is 91.5 Å². The van der Waals surface area contributed by atoms with E-state index in [9.17, 15) is 15.0 Å². The molecule has 5 aliphatic heterocycles. The minimum Gasteiger partial charge on any atom is -0.511 e. The number of nitrogens with zero attached hydrogens (tertiary/aromatic N) is 3. The molecule has 0 aromatic heterocycles. The number of aliphatic hydroxyl groups is 1. The normalized spacial score (nSPS) is 24.1. The number of aliphatic hydroxyl groups excluding tert-OH is 1. The van der Waals surface area contributed by atoms with Gasteiger partial charge in [0.1, 0.15) is 5.76 Å². The van der Waals surface area contributed by atoms with Gasteiger partial charge in [0.25, 0.3) is 0 Å². The lowest BCUT2D eigenvalue weighted by Gasteiger charge is -2.21. The summed E-state index contributed by atoms with van der Waals surface area (Å²) in [7, 11) is 0. The monoisotopic (exact) mass is 636 g/mol. The van der Waals surface area contributed by atoms with Gasteiger partial charge in [-0.1, -0.05) is 40.5 Å². The third kappa shape index (κ3) is 5.86. The van der Waals surface area contributed by atoms with Gasteiger partial charge in [0.05, 0.1) is 40.3 Å². The smallest absolute Gasteiger partial charge is 0.303 e. The van der Waals surface area contributed by atoms with Gasteiger partial charge in [-0.05, 0) is 87.0 Å². The van der Waals surface area contributed by atoms with Crippen molar-refractivity contribution in [3.8, 4) is 0 Å². The van der Waals surface area contributed by atoms with E-state index in [-0.39, 0.29) is 24.4 Å². The molecule has 8 heteroatoms. The van der Waals surface area contributed by atoms with Gasteiger partial charge in [0, 0.05) is 59.4 Å². The average Bonchev–Trinajstić information content (AvgIpc) is 3.78. The van der Waals surface area contributed by atoms with Gasteiger partial charge in [-0.2, -0.15) is 0 Å². The number of carboxylic acid groups (broad SMARTS) is 1. The third-order valence-electron chi connectivity index (χ3n) is 10.5. The second kappa shape index (κ2) is 13.2. The molecule has 6 aliphatic rings. The van der Waals surface area contributed by atoms with E-state index in [1.54, 1.807) is 0 Å². The highest BCUT2D eigenvalue weighted by molar-refractivity contribution is 6.21. The Labute approximate surface area is 278 Å². The first-order chi connectivity index (χ1) is 22.6. The minimum absolute atomic E-state index is 0.0216. The Kier molecular flexibility index (Phi) is 9.25. The fourth-order valence-corrected chi connectivity index (χ4v) is 7.75. The standard InChI is InChI=1S/C39H48N4O4/c1-8-11-15-47-34(12-9-2)36-22(6)29-17-28-21(5)25(13-14-35(45)46)38(42-28)26-16-33(44)37-23(7)30(43-39(26)37)18-31-24(10-3)20(4)27(40-31)19-32(36)41-29/h17-19,21,25,34,42,44H,8-16H2,1-7H3,(H,45,46)/t21?,25-,34?/m0/s1. The number of rotatable bonds is 11. The van der Waals surface area contributed by atoms with Crippen molar-refractivity contribution >= 4 is 23.1 Å². The Bertz CT molecular complexity index is 1770. The van der Waals surface area contributed by atoms with Crippen LogP contribution in [0.5, 0.6) is 0 Å². The summed E-state index contributed by atoms with van der Waals surface area (Å²) in [6.45, 7) is 15.7. The van der Waals surface area contributed by atoms with Crippen LogP contribution < -0.4 is 5.32 Å². The Hall–Kier alpha value is -4.04. The molecule has 8 nitrogen and oxygen atoms in total. The molecule has 1 saturated heterocycles. The molecule has 1 aliphatic carbocycles. The minimum atomic E-state index is -0.815.